The highest BCUT2D eigenvalue weighted by atomic mass is 16.6. The summed E-state index contributed by atoms with van der Waals surface area (Å²) >= 11 is 0. The van der Waals surface area contributed by atoms with Crippen molar-refractivity contribution in [2.45, 2.75) is 6.92 Å². The topological polar surface area (TPSA) is 189 Å². The third-order valence-corrected chi connectivity index (χ3v) is 4.47. The van der Waals surface area contributed by atoms with E-state index in [1.54, 1.807) is 19.1 Å². The van der Waals surface area contributed by atoms with Crippen LogP contribution in [0.25, 0.3) is 17.1 Å². The summed E-state index contributed by atoms with van der Waals surface area (Å²) in [5.74, 6) is -0.123. The largest absolute Gasteiger partial charge is 0.488 e. The summed E-state index contributed by atoms with van der Waals surface area (Å²) in [6.45, 7) is 1.83. The molecule has 0 saturated heterocycles. The summed E-state index contributed by atoms with van der Waals surface area (Å²) in [5.41, 5.74) is 8.94. The van der Waals surface area contributed by atoms with Gasteiger partial charge in [0, 0.05) is 17.7 Å². The molecule has 2 heterocycles. The number of hydrogen-bond donors (Lipinski definition) is 2. The Balaban J connectivity index is 1.60. The summed E-state index contributed by atoms with van der Waals surface area (Å²) < 4.78 is 11.4. The normalized spacial score (nSPS) is 11.3. The zero-order valence-corrected chi connectivity index (χ0v) is 17.7. The van der Waals surface area contributed by atoms with Crippen LogP contribution in [0.4, 0.5) is 11.5 Å². The van der Waals surface area contributed by atoms with Crippen LogP contribution in [0.2, 0.25) is 0 Å². The highest BCUT2D eigenvalue weighted by molar-refractivity contribution is 5.99. The Labute approximate surface area is 191 Å². The second-order valence-corrected chi connectivity index (χ2v) is 6.87. The molecule has 14 nitrogen and oxygen atoms in total. The first kappa shape index (κ1) is 22.1. The van der Waals surface area contributed by atoms with E-state index < -0.39 is 10.8 Å². The molecule has 3 N–H and O–H groups in total. The van der Waals surface area contributed by atoms with E-state index in [0.29, 0.717) is 17.0 Å². The average Bonchev–Trinajstić information content (AvgIpc) is 3.48. The third kappa shape index (κ3) is 4.69. The van der Waals surface area contributed by atoms with E-state index >= 15 is 0 Å². The molecule has 0 fully saturated rings. The minimum atomic E-state index is -0.686. The van der Waals surface area contributed by atoms with Gasteiger partial charge in [0.15, 0.2) is 5.69 Å². The van der Waals surface area contributed by atoms with Crippen molar-refractivity contribution in [3.63, 3.8) is 0 Å². The van der Waals surface area contributed by atoms with E-state index in [1.807, 2.05) is 18.2 Å². The molecule has 34 heavy (non-hydrogen) atoms. The number of non-ortho nitro benzene ring substituents is 1. The average molecular weight is 463 g/mol. The Kier molecular flexibility index (Phi) is 6.20. The van der Waals surface area contributed by atoms with Crippen LogP contribution >= 0.6 is 0 Å². The van der Waals surface area contributed by atoms with E-state index in [1.165, 1.54) is 24.3 Å². The summed E-state index contributed by atoms with van der Waals surface area (Å²) in [5, 5.41) is 30.1. The first-order chi connectivity index (χ1) is 16.4. The standard InChI is InChI=1S/C20H17N9O5/c1-12(11-33-15-5-3-2-4-6-15)22-24-20(30)16-17(13-7-9-14(10-8-13)29(31)32)28(27-23-16)19-18(21)25-34-26-19/h2-10H,11H2,1H3,(H2,21,25)(H,24,30)/b22-12-. The summed E-state index contributed by atoms with van der Waals surface area (Å²) in [4.78, 5) is 23.4. The van der Waals surface area contributed by atoms with Crippen LogP contribution in [0, 0.1) is 10.1 Å². The number of aromatic nitrogens is 5. The molecule has 4 aromatic rings. The number of amides is 1. The minimum Gasteiger partial charge on any atom is -0.488 e. The van der Waals surface area contributed by atoms with Gasteiger partial charge in [-0.05, 0) is 41.5 Å². The molecule has 0 atom stereocenters. The fourth-order valence-corrected chi connectivity index (χ4v) is 2.86. The van der Waals surface area contributed by atoms with Crippen molar-refractivity contribution in [1.29, 1.82) is 0 Å². The lowest BCUT2D eigenvalue weighted by Gasteiger charge is -2.07. The maximum atomic E-state index is 12.9. The Morgan fingerprint density at radius 2 is 1.94 bits per heavy atom. The van der Waals surface area contributed by atoms with E-state index in [0.717, 1.165) is 4.68 Å². The van der Waals surface area contributed by atoms with Gasteiger partial charge in [-0.2, -0.15) is 9.78 Å². The van der Waals surface area contributed by atoms with Crippen LogP contribution in [0.5, 0.6) is 5.75 Å². The van der Waals surface area contributed by atoms with Crippen molar-refractivity contribution < 1.29 is 19.1 Å². The third-order valence-electron chi connectivity index (χ3n) is 4.47. The number of carbonyl (C=O) groups is 1. The zero-order valence-electron chi connectivity index (χ0n) is 17.7. The number of nitrogens with zero attached hydrogens (tertiary/aromatic N) is 7. The monoisotopic (exact) mass is 463 g/mol. The molecule has 0 unspecified atom stereocenters. The molecule has 0 radical (unpaired) electrons. The van der Waals surface area contributed by atoms with Crippen LogP contribution in [0.3, 0.4) is 0 Å². The molecule has 0 aliphatic rings. The lowest BCUT2D eigenvalue weighted by atomic mass is 10.1. The van der Waals surface area contributed by atoms with E-state index in [9.17, 15) is 14.9 Å². The number of nitrogens with two attached hydrogens (primary N) is 1. The summed E-state index contributed by atoms with van der Waals surface area (Å²) in [7, 11) is 0. The smallest absolute Gasteiger partial charge is 0.294 e. The Hall–Kier alpha value is -5.14. The predicted molar refractivity (Wildman–Crippen MR) is 118 cm³/mol. The molecule has 0 saturated carbocycles. The number of nitrogens with one attached hydrogen (secondary N) is 1. The number of nitrogen functional groups attached to an aromatic ring is 1. The van der Waals surface area contributed by atoms with Crippen molar-refractivity contribution in [2.75, 3.05) is 12.3 Å². The van der Waals surface area contributed by atoms with Gasteiger partial charge in [0.05, 0.1) is 10.6 Å². The molecule has 0 spiro atoms. The van der Waals surface area contributed by atoms with Gasteiger partial charge < -0.3 is 10.5 Å². The van der Waals surface area contributed by atoms with Gasteiger partial charge in [-0.15, -0.1) is 5.10 Å². The van der Waals surface area contributed by atoms with Gasteiger partial charge in [-0.25, -0.2) is 10.1 Å². The van der Waals surface area contributed by atoms with Gasteiger partial charge in [0.1, 0.15) is 18.1 Å². The first-order valence-electron chi connectivity index (χ1n) is 9.74. The van der Waals surface area contributed by atoms with Crippen molar-refractivity contribution in [2.24, 2.45) is 5.10 Å². The molecular weight excluding hydrogens is 446 g/mol. The molecule has 2 aromatic heterocycles. The summed E-state index contributed by atoms with van der Waals surface area (Å²) in [6.07, 6.45) is 0. The van der Waals surface area contributed by atoms with Crippen molar-refractivity contribution in [1.82, 2.24) is 30.7 Å². The van der Waals surface area contributed by atoms with E-state index in [2.05, 4.69) is 35.8 Å². The lowest BCUT2D eigenvalue weighted by molar-refractivity contribution is -0.384. The second-order valence-electron chi connectivity index (χ2n) is 6.87. The van der Waals surface area contributed by atoms with Crippen LogP contribution in [-0.4, -0.2) is 48.5 Å². The predicted octanol–water partition coefficient (Wildman–Crippen LogP) is 1.99. The van der Waals surface area contributed by atoms with Gasteiger partial charge in [-0.1, -0.05) is 23.4 Å². The molecule has 0 aliphatic heterocycles. The zero-order chi connectivity index (χ0) is 24.1. The van der Waals surface area contributed by atoms with E-state index in [4.69, 9.17) is 10.5 Å². The fourth-order valence-electron chi connectivity index (χ4n) is 2.86. The number of carbonyl (C=O) groups excluding carboxylic acids is 1. The van der Waals surface area contributed by atoms with E-state index in [-0.39, 0.29) is 35.3 Å². The van der Waals surface area contributed by atoms with Crippen molar-refractivity contribution in [3.8, 4) is 22.8 Å². The number of ether oxygens (including phenoxy) is 1. The number of para-hydroxylation sites is 1. The number of hydrazone groups is 1. The fraction of sp³-hybridized carbons (Fsp3) is 0.100. The van der Waals surface area contributed by atoms with Crippen LogP contribution in [0.1, 0.15) is 17.4 Å². The number of benzene rings is 2. The van der Waals surface area contributed by atoms with Gasteiger partial charge >= 0.3 is 0 Å². The molecule has 0 aliphatic carbocycles. The van der Waals surface area contributed by atoms with Crippen LogP contribution < -0.4 is 15.9 Å². The number of anilines is 1. The SMILES string of the molecule is C/C(COc1ccccc1)=N/NC(=O)c1nnn(-c2nonc2N)c1-c1ccc([N+](=O)[O-])cc1. The molecule has 14 heteroatoms. The molecule has 172 valence electrons. The van der Waals surface area contributed by atoms with Gasteiger partial charge in [0.2, 0.25) is 11.6 Å². The molecule has 4 rings (SSSR count). The molecule has 1 amide bonds. The number of rotatable bonds is 8. The second kappa shape index (κ2) is 9.56. The Morgan fingerprint density at radius 3 is 2.59 bits per heavy atom. The minimum absolute atomic E-state index is 0.00385. The Morgan fingerprint density at radius 1 is 1.21 bits per heavy atom. The van der Waals surface area contributed by atoms with Gasteiger partial charge in [0.25, 0.3) is 11.6 Å². The summed E-state index contributed by atoms with van der Waals surface area (Å²) in [6, 6.07) is 14.6. The molecule has 0 bridgehead atoms. The van der Waals surface area contributed by atoms with Crippen molar-refractivity contribution >= 4 is 23.1 Å². The number of nitro groups is 1. The van der Waals surface area contributed by atoms with Crippen LogP contribution in [0.15, 0.2) is 64.3 Å². The maximum Gasteiger partial charge on any atom is 0.294 e. The van der Waals surface area contributed by atoms with Crippen LogP contribution in [-0.2, 0) is 0 Å². The first-order valence-corrected chi connectivity index (χ1v) is 9.74. The number of nitro benzene ring substituents is 1. The molecule has 2 aromatic carbocycles. The van der Waals surface area contributed by atoms with Crippen molar-refractivity contribution in [3.05, 3.63) is 70.4 Å². The number of hydrogen-bond acceptors (Lipinski definition) is 11. The lowest BCUT2D eigenvalue weighted by Crippen LogP contribution is -2.22. The highest BCUT2D eigenvalue weighted by Crippen LogP contribution is 2.28. The Bertz CT molecular complexity index is 1350. The molecular formula is C20H17N9O5. The van der Waals surface area contributed by atoms with Gasteiger partial charge in [-0.3, -0.25) is 14.9 Å². The maximum absolute atomic E-state index is 12.9. The highest BCUT2D eigenvalue weighted by Gasteiger charge is 2.25. The quantitative estimate of drug-likeness (QED) is 0.222.